The largest absolute Gasteiger partial charge is 0.506 e. The summed E-state index contributed by atoms with van der Waals surface area (Å²) in [4.78, 5) is 22.3. The number of carboxylic acid groups (broad SMARTS) is 1. The van der Waals surface area contributed by atoms with E-state index in [1.165, 1.54) is 24.3 Å². The first kappa shape index (κ1) is 18.5. The van der Waals surface area contributed by atoms with Crippen LogP contribution in [0.2, 0.25) is 0 Å². The van der Waals surface area contributed by atoms with Gasteiger partial charge in [0.1, 0.15) is 27.5 Å². The van der Waals surface area contributed by atoms with Crippen LogP contribution in [0.3, 0.4) is 0 Å². The molecule has 8 nitrogen and oxygen atoms in total. The van der Waals surface area contributed by atoms with Crippen molar-refractivity contribution in [2.24, 2.45) is 0 Å². The van der Waals surface area contributed by atoms with Gasteiger partial charge in [0.05, 0.1) is 0 Å². The third-order valence-corrected chi connectivity index (χ3v) is 5.56. The molecule has 0 aliphatic carbocycles. The average molecular weight is 412 g/mol. The first-order valence-electron chi connectivity index (χ1n) is 8.23. The molecule has 0 atom stereocenters. The Morgan fingerprint density at radius 1 is 0.966 bits per heavy atom. The normalized spacial score (nSPS) is 11.6. The maximum Gasteiger partial charge on any atom is 0.351 e. The summed E-state index contributed by atoms with van der Waals surface area (Å²) < 4.78 is 35.3. The van der Waals surface area contributed by atoms with Gasteiger partial charge in [0.2, 0.25) is 0 Å². The number of aromatic carboxylic acids is 1. The van der Waals surface area contributed by atoms with Gasteiger partial charge in [-0.15, -0.1) is 0 Å². The number of aromatic hydroxyl groups is 1. The Morgan fingerprint density at radius 2 is 1.69 bits per heavy atom. The third-order valence-electron chi connectivity index (χ3n) is 4.28. The fourth-order valence-corrected chi connectivity index (χ4v) is 3.93. The first-order valence-corrected chi connectivity index (χ1v) is 9.63. The molecule has 9 heteroatoms. The number of phenols is 1. The van der Waals surface area contributed by atoms with E-state index in [4.69, 9.17) is 13.7 Å². The zero-order valence-electron chi connectivity index (χ0n) is 14.5. The molecule has 1 aromatic heterocycles. The average Bonchev–Trinajstić information content (AvgIpc) is 2.67. The van der Waals surface area contributed by atoms with Gasteiger partial charge in [-0.2, -0.15) is 8.42 Å². The molecular weight excluding hydrogens is 400 g/mol. The predicted molar refractivity (Wildman–Crippen MR) is 103 cm³/mol. The van der Waals surface area contributed by atoms with E-state index in [2.05, 4.69) is 0 Å². The molecule has 0 radical (unpaired) electrons. The van der Waals surface area contributed by atoms with Crippen molar-refractivity contribution in [2.45, 2.75) is 4.90 Å². The lowest BCUT2D eigenvalue weighted by atomic mass is 10.1. The Labute approximate surface area is 163 Å². The van der Waals surface area contributed by atoms with Crippen molar-refractivity contribution in [3.05, 3.63) is 76.6 Å². The summed E-state index contributed by atoms with van der Waals surface area (Å²) >= 11 is 0. The Balaban J connectivity index is 1.76. The van der Waals surface area contributed by atoms with E-state index in [9.17, 15) is 23.1 Å². The number of fused-ring (bicyclic) bond motifs is 2. The van der Waals surface area contributed by atoms with Gasteiger partial charge in [-0.1, -0.05) is 30.3 Å². The molecule has 146 valence electrons. The Bertz CT molecular complexity index is 1450. The topological polar surface area (TPSA) is 131 Å². The third kappa shape index (κ3) is 3.27. The second kappa shape index (κ2) is 6.64. The minimum absolute atomic E-state index is 0.0459. The minimum Gasteiger partial charge on any atom is -0.506 e. The van der Waals surface area contributed by atoms with Crippen LogP contribution in [-0.2, 0) is 10.1 Å². The Kier molecular flexibility index (Phi) is 4.24. The highest BCUT2D eigenvalue weighted by molar-refractivity contribution is 7.87. The summed E-state index contributed by atoms with van der Waals surface area (Å²) in [6.07, 6.45) is 0. The van der Waals surface area contributed by atoms with Crippen LogP contribution in [0.5, 0.6) is 11.5 Å². The molecular formula is C20H12O8S. The molecule has 1 heterocycles. The number of carboxylic acids is 1. The molecule has 0 amide bonds. The van der Waals surface area contributed by atoms with Crippen LogP contribution in [0.25, 0.3) is 21.7 Å². The highest BCUT2D eigenvalue weighted by atomic mass is 32.2. The quantitative estimate of drug-likeness (QED) is 0.386. The lowest BCUT2D eigenvalue weighted by Crippen LogP contribution is -2.13. The Morgan fingerprint density at radius 3 is 2.45 bits per heavy atom. The summed E-state index contributed by atoms with van der Waals surface area (Å²) in [7, 11) is -4.40. The van der Waals surface area contributed by atoms with Crippen molar-refractivity contribution in [1.82, 2.24) is 0 Å². The SMILES string of the molecule is O=C(O)c1cc2ccc(OS(=O)(=O)c3ccc4ccccc4c3O)cc2oc1=O. The van der Waals surface area contributed by atoms with Gasteiger partial charge in [0.25, 0.3) is 0 Å². The lowest BCUT2D eigenvalue weighted by Gasteiger charge is -2.10. The van der Waals surface area contributed by atoms with Crippen LogP contribution in [0.15, 0.2) is 74.8 Å². The molecule has 0 unspecified atom stereocenters. The van der Waals surface area contributed by atoms with Gasteiger partial charge in [0.15, 0.2) is 0 Å². The summed E-state index contributed by atoms with van der Waals surface area (Å²) in [6.45, 7) is 0. The number of benzene rings is 3. The zero-order valence-corrected chi connectivity index (χ0v) is 15.3. The molecule has 0 saturated heterocycles. The van der Waals surface area contributed by atoms with E-state index in [0.29, 0.717) is 10.8 Å². The molecule has 29 heavy (non-hydrogen) atoms. The molecule has 0 saturated carbocycles. The zero-order chi connectivity index (χ0) is 20.8. The van der Waals surface area contributed by atoms with Crippen molar-refractivity contribution in [1.29, 1.82) is 0 Å². The monoisotopic (exact) mass is 412 g/mol. The van der Waals surface area contributed by atoms with E-state index in [1.54, 1.807) is 24.3 Å². The highest BCUT2D eigenvalue weighted by Crippen LogP contribution is 2.33. The van der Waals surface area contributed by atoms with Gasteiger partial charge >= 0.3 is 21.7 Å². The summed E-state index contributed by atoms with van der Waals surface area (Å²) in [5.74, 6) is -2.05. The van der Waals surface area contributed by atoms with Gasteiger partial charge in [0, 0.05) is 16.8 Å². The van der Waals surface area contributed by atoms with Crippen molar-refractivity contribution >= 4 is 37.8 Å². The number of hydrogen-bond acceptors (Lipinski definition) is 7. The van der Waals surface area contributed by atoms with E-state index < -0.39 is 37.9 Å². The molecule has 3 aromatic carbocycles. The second-order valence-electron chi connectivity index (χ2n) is 6.12. The fourth-order valence-electron chi connectivity index (χ4n) is 2.90. The van der Waals surface area contributed by atoms with E-state index >= 15 is 0 Å². The first-order chi connectivity index (χ1) is 13.8. The number of carbonyl (C=O) groups is 1. The number of rotatable bonds is 4. The summed E-state index contributed by atoms with van der Waals surface area (Å²) in [5.41, 5.74) is -1.66. The van der Waals surface area contributed by atoms with Gasteiger partial charge < -0.3 is 18.8 Å². The molecule has 0 bridgehead atoms. The number of phenolic OH excluding ortho intramolecular Hbond substituents is 1. The maximum atomic E-state index is 12.7. The highest BCUT2D eigenvalue weighted by Gasteiger charge is 2.23. The summed E-state index contributed by atoms with van der Waals surface area (Å²) in [6, 6.07) is 14.4. The van der Waals surface area contributed by atoms with Crippen LogP contribution < -0.4 is 9.81 Å². The van der Waals surface area contributed by atoms with Gasteiger partial charge in [-0.05, 0) is 29.7 Å². The lowest BCUT2D eigenvalue weighted by molar-refractivity contribution is 0.0692. The smallest absolute Gasteiger partial charge is 0.351 e. The predicted octanol–water partition coefficient (Wildman–Crippen LogP) is 3.12. The fraction of sp³-hybridized carbons (Fsp3) is 0. The molecule has 0 aliphatic rings. The standard InChI is InChI=1S/C20H12O8S/c21-18-14-4-2-1-3-11(14)6-8-17(18)29(25,26)28-13-7-5-12-9-15(19(22)23)20(24)27-16(12)10-13/h1-10,21H,(H,22,23). The van der Waals surface area contributed by atoms with E-state index in [0.717, 1.165) is 12.1 Å². The van der Waals surface area contributed by atoms with Gasteiger partial charge in [-0.25, -0.2) is 9.59 Å². The van der Waals surface area contributed by atoms with E-state index in [-0.39, 0.29) is 16.7 Å². The maximum absolute atomic E-state index is 12.7. The second-order valence-corrected chi connectivity index (χ2v) is 7.64. The summed E-state index contributed by atoms with van der Waals surface area (Å²) in [5, 5.41) is 20.6. The molecule has 0 spiro atoms. The van der Waals surface area contributed by atoms with Crippen molar-refractivity contribution in [3.63, 3.8) is 0 Å². The molecule has 4 rings (SSSR count). The molecule has 2 N–H and O–H groups in total. The molecule has 0 fully saturated rings. The van der Waals surface area contributed by atoms with Crippen molar-refractivity contribution < 1.29 is 32.0 Å². The Hall–Kier alpha value is -3.85. The van der Waals surface area contributed by atoms with Gasteiger partial charge in [-0.3, -0.25) is 0 Å². The van der Waals surface area contributed by atoms with Crippen LogP contribution >= 0.6 is 0 Å². The minimum atomic E-state index is -4.40. The van der Waals surface area contributed by atoms with E-state index in [1.807, 2.05) is 0 Å². The molecule has 4 aromatic rings. The van der Waals surface area contributed by atoms with Crippen LogP contribution in [0.4, 0.5) is 0 Å². The van der Waals surface area contributed by atoms with Crippen molar-refractivity contribution in [3.8, 4) is 11.5 Å². The van der Waals surface area contributed by atoms with Crippen LogP contribution in [0.1, 0.15) is 10.4 Å². The van der Waals surface area contributed by atoms with Crippen LogP contribution in [-0.4, -0.2) is 24.6 Å². The van der Waals surface area contributed by atoms with Crippen LogP contribution in [0, 0.1) is 0 Å². The van der Waals surface area contributed by atoms with Crippen molar-refractivity contribution in [2.75, 3.05) is 0 Å². The molecule has 0 aliphatic heterocycles. The number of hydrogen-bond donors (Lipinski definition) is 2.